The highest BCUT2D eigenvalue weighted by Gasteiger charge is 2.19. The highest BCUT2D eigenvalue weighted by molar-refractivity contribution is 5.71. The largest absolute Gasteiger partial charge is 0.462 e. The number of allylic oxidation sites excluding steroid dienone is 16. The SMILES string of the molecule is CCCCC/C=C\C/C=C\C/C=C\CCCCCCC(=O)OC[C@H](COC(=O)CCC/C=C\C/C=C\C/C=C\CCCCCCCC)OC(=O)CCCCCCC/C=C\C/C=C\CCCCC. The molecule has 0 fully saturated rings. The Kier molecular flexibility index (Phi) is 51.9. The van der Waals surface area contributed by atoms with E-state index in [2.05, 4.69) is 118 Å². The first kappa shape index (κ1) is 63.3. The lowest BCUT2D eigenvalue weighted by Crippen LogP contribution is -2.30. The third kappa shape index (κ3) is 53.2. The molecule has 67 heavy (non-hydrogen) atoms. The number of unbranched alkanes of at least 4 members (excludes halogenated alkanes) is 22. The molecule has 6 nitrogen and oxygen atoms in total. The Morgan fingerprint density at radius 2 is 0.552 bits per heavy atom. The van der Waals surface area contributed by atoms with Gasteiger partial charge in [-0.2, -0.15) is 0 Å². The fourth-order valence-electron chi connectivity index (χ4n) is 7.32. The van der Waals surface area contributed by atoms with Crippen LogP contribution < -0.4 is 0 Å². The van der Waals surface area contributed by atoms with Gasteiger partial charge in [0.2, 0.25) is 0 Å². The van der Waals surface area contributed by atoms with Gasteiger partial charge >= 0.3 is 17.9 Å². The van der Waals surface area contributed by atoms with E-state index in [1.807, 2.05) is 0 Å². The Morgan fingerprint density at radius 3 is 0.925 bits per heavy atom. The molecule has 382 valence electrons. The molecule has 0 spiro atoms. The topological polar surface area (TPSA) is 78.9 Å². The molecule has 0 aliphatic carbocycles. The predicted molar refractivity (Wildman–Crippen MR) is 288 cm³/mol. The second kappa shape index (κ2) is 54.9. The number of hydrogen-bond donors (Lipinski definition) is 0. The summed E-state index contributed by atoms with van der Waals surface area (Å²) in [6.45, 7) is 6.50. The van der Waals surface area contributed by atoms with Gasteiger partial charge in [0.1, 0.15) is 13.2 Å². The zero-order valence-electron chi connectivity index (χ0n) is 43.6. The van der Waals surface area contributed by atoms with Crippen LogP contribution in [-0.4, -0.2) is 37.2 Å². The van der Waals surface area contributed by atoms with E-state index in [1.54, 1.807) is 0 Å². The van der Waals surface area contributed by atoms with E-state index in [1.165, 1.54) is 96.3 Å². The van der Waals surface area contributed by atoms with Gasteiger partial charge in [0.25, 0.3) is 0 Å². The van der Waals surface area contributed by atoms with Gasteiger partial charge in [-0.05, 0) is 122 Å². The van der Waals surface area contributed by atoms with Crippen molar-refractivity contribution < 1.29 is 28.6 Å². The summed E-state index contributed by atoms with van der Waals surface area (Å²) in [4.78, 5) is 38.1. The summed E-state index contributed by atoms with van der Waals surface area (Å²) in [6, 6.07) is 0. The number of rotatable bonds is 49. The van der Waals surface area contributed by atoms with E-state index >= 15 is 0 Å². The molecule has 0 bridgehead atoms. The normalized spacial score (nSPS) is 12.8. The molecule has 0 unspecified atom stereocenters. The van der Waals surface area contributed by atoms with Crippen molar-refractivity contribution in [3.8, 4) is 0 Å². The predicted octanol–water partition coefficient (Wildman–Crippen LogP) is 18.5. The van der Waals surface area contributed by atoms with E-state index in [-0.39, 0.29) is 37.5 Å². The van der Waals surface area contributed by atoms with E-state index in [9.17, 15) is 14.4 Å². The first-order valence-corrected chi connectivity index (χ1v) is 27.7. The molecule has 0 aromatic carbocycles. The maximum Gasteiger partial charge on any atom is 0.306 e. The van der Waals surface area contributed by atoms with Crippen LogP contribution in [-0.2, 0) is 28.6 Å². The summed E-state index contributed by atoms with van der Waals surface area (Å²) in [5, 5.41) is 0. The first-order chi connectivity index (χ1) is 33.0. The molecule has 0 heterocycles. The highest BCUT2D eigenvalue weighted by atomic mass is 16.6. The van der Waals surface area contributed by atoms with Gasteiger partial charge in [-0.25, -0.2) is 0 Å². The molecule has 0 saturated carbocycles. The van der Waals surface area contributed by atoms with E-state index in [4.69, 9.17) is 14.2 Å². The minimum atomic E-state index is -0.816. The van der Waals surface area contributed by atoms with Crippen molar-refractivity contribution in [1.29, 1.82) is 0 Å². The van der Waals surface area contributed by atoms with Crippen LogP contribution in [0.5, 0.6) is 0 Å². The summed E-state index contributed by atoms with van der Waals surface area (Å²) >= 11 is 0. The maximum absolute atomic E-state index is 12.8. The Bertz CT molecular complexity index is 1350. The summed E-state index contributed by atoms with van der Waals surface area (Å²) < 4.78 is 16.8. The average molecular weight is 931 g/mol. The van der Waals surface area contributed by atoms with Crippen molar-refractivity contribution in [2.45, 2.75) is 258 Å². The lowest BCUT2D eigenvalue weighted by molar-refractivity contribution is -0.167. The van der Waals surface area contributed by atoms with Crippen LogP contribution >= 0.6 is 0 Å². The van der Waals surface area contributed by atoms with Gasteiger partial charge in [-0.1, -0.05) is 208 Å². The summed E-state index contributed by atoms with van der Waals surface area (Å²) in [5.74, 6) is -0.999. The molecule has 1 atom stereocenters. The monoisotopic (exact) mass is 931 g/mol. The van der Waals surface area contributed by atoms with Crippen molar-refractivity contribution in [2.75, 3.05) is 13.2 Å². The third-order valence-electron chi connectivity index (χ3n) is 11.5. The van der Waals surface area contributed by atoms with Gasteiger partial charge in [0.05, 0.1) is 0 Å². The number of carbonyl (C=O) groups is 3. The van der Waals surface area contributed by atoms with Crippen molar-refractivity contribution in [3.63, 3.8) is 0 Å². The second-order valence-electron chi connectivity index (χ2n) is 18.1. The molecular weight excluding hydrogens is 829 g/mol. The molecule has 0 aliphatic heterocycles. The van der Waals surface area contributed by atoms with Crippen LogP contribution in [0.2, 0.25) is 0 Å². The van der Waals surface area contributed by atoms with Crippen LogP contribution in [0.4, 0.5) is 0 Å². The molecule has 6 heteroatoms. The molecule has 0 aromatic rings. The third-order valence-corrected chi connectivity index (χ3v) is 11.5. The smallest absolute Gasteiger partial charge is 0.306 e. The van der Waals surface area contributed by atoms with Crippen molar-refractivity contribution in [3.05, 3.63) is 97.2 Å². The van der Waals surface area contributed by atoms with Crippen LogP contribution in [0.3, 0.4) is 0 Å². The van der Waals surface area contributed by atoms with Crippen LogP contribution in [0, 0.1) is 0 Å². The molecule has 0 rings (SSSR count). The Hall–Kier alpha value is -3.67. The van der Waals surface area contributed by atoms with E-state index < -0.39 is 6.10 Å². The number of carbonyl (C=O) groups excluding carboxylic acids is 3. The molecule has 0 aliphatic rings. The molecule has 0 aromatic heterocycles. The Labute approximate surface area is 413 Å². The van der Waals surface area contributed by atoms with E-state index in [0.29, 0.717) is 19.3 Å². The fraction of sp³-hybridized carbons (Fsp3) is 0.689. The van der Waals surface area contributed by atoms with E-state index in [0.717, 1.165) is 109 Å². The van der Waals surface area contributed by atoms with Gasteiger partial charge < -0.3 is 14.2 Å². The summed E-state index contributed by atoms with van der Waals surface area (Å²) in [6.07, 6.45) is 72.5. The Balaban J connectivity index is 4.53. The number of ether oxygens (including phenoxy) is 3. The van der Waals surface area contributed by atoms with Crippen LogP contribution in [0.15, 0.2) is 97.2 Å². The first-order valence-electron chi connectivity index (χ1n) is 27.7. The minimum absolute atomic E-state index is 0.111. The zero-order valence-corrected chi connectivity index (χ0v) is 43.6. The average Bonchev–Trinajstić information content (AvgIpc) is 3.33. The second-order valence-corrected chi connectivity index (χ2v) is 18.1. The minimum Gasteiger partial charge on any atom is -0.462 e. The Morgan fingerprint density at radius 1 is 0.299 bits per heavy atom. The summed E-state index contributed by atoms with van der Waals surface area (Å²) in [5.41, 5.74) is 0. The molecule has 0 N–H and O–H groups in total. The molecule has 0 radical (unpaired) electrons. The zero-order chi connectivity index (χ0) is 48.6. The number of hydrogen-bond acceptors (Lipinski definition) is 6. The summed E-state index contributed by atoms with van der Waals surface area (Å²) in [7, 11) is 0. The lowest BCUT2D eigenvalue weighted by atomic mass is 10.1. The molecular formula is C61H102O6. The van der Waals surface area contributed by atoms with Crippen molar-refractivity contribution >= 4 is 17.9 Å². The highest BCUT2D eigenvalue weighted by Crippen LogP contribution is 2.13. The van der Waals surface area contributed by atoms with Gasteiger partial charge in [-0.3, -0.25) is 14.4 Å². The fourth-order valence-corrected chi connectivity index (χ4v) is 7.32. The molecule has 0 amide bonds. The molecule has 0 saturated heterocycles. The number of esters is 3. The standard InChI is InChI=1S/C61H102O6/c1-4-7-10-13-16-19-22-25-28-30-33-35-38-41-44-47-50-53-59(62)65-56-58(67-61(64)55-52-49-46-43-40-37-32-27-24-21-18-15-12-9-6-3)57-66-60(63)54-51-48-45-42-39-36-34-31-29-26-23-20-17-14-11-8-5-2/h16,18-19,21,25-29,32-36,42,45,58H,4-15,17,20,22-24,30-31,37-41,43-44,46-57H2,1-3H3/b19-16-,21-18-,28-25-,29-26-,32-27-,35-33-,36-34-,45-42-/t58-/m1/s1. The maximum atomic E-state index is 12.8. The van der Waals surface area contributed by atoms with Crippen LogP contribution in [0.1, 0.15) is 252 Å². The van der Waals surface area contributed by atoms with Crippen LogP contribution in [0.25, 0.3) is 0 Å². The van der Waals surface area contributed by atoms with Gasteiger partial charge in [0, 0.05) is 19.3 Å². The van der Waals surface area contributed by atoms with Crippen molar-refractivity contribution in [2.24, 2.45) is 0 Å². The van der Waals surface area contributed by atoms with Crippen molar-refractivity contribution in [1.82, 2.24) is 0 Å². The lowest BCUT2D eigenvalue weighted by Gasteiger charge is -2.18. The van der Waals surface area contributed by atoms with Gasteiger partial charge in [-0.15, -0.1) is 0 Å². The quantitative estimate of drug-likeness (QED) is 0.0262. The van der Waals surface area contributed by atoms with Gasteiger partial charge in [0.15, 0.2) is 6.10 Å².